The van der Waals surface area contributed by atoms with Crippen LogP contribution in [0.2, 0.25) is 0 Å². The van der Waals surface area contributed by atoms with Gasteiger partial charge in [-0.2, -0.15) is 0 Å². The molecule has 2 nitrogen and oxygen atoms in total. The normalized spacial score (nSPS) is 15.8. The fourth-order valence-electron chi connectivity index (χ4n) is 3.94. The standard InChI is InChI=1S/C22H37NO/c1-3-16-23(17-4-2)18-19-24-22-13-9-8-12-21(22)15-14-20-10-6-5-7-11-20/h8-9,12-13,20H,3-7,10-11,14-19H2,1-2H3. The van der Waals surface area contributed by atoms with Crippen LogP contribution in [0.1, 0.15) is 70.8 Å². The molecule has 1 aliphatic carbocycles. The minimum atomic E-state index is 0.806. The maximum atomic E-state index is 6.16. The van der Waals surface area contributed by atoms with Gasteiger partial charge < -0.3 is 4.74 Å². The molecule has 0 bridgehead atoms. The summed E-state index contributed by atoms with van der Waals surface area (Å²) in [6.07, 6.45) is 12.1. The van der Waals surface area contributed by atoms with E-state index in [1.807, 2.05) is 0 Å². The van der Waals surface area contributed by atoms with E-state index >= 15 is 0 Å². The number of benzene rings is 1. The second-order valence-corrected chi connectivity index (χ2v) is 7.34. The minimum Gasteiger partial charge on any atom is -0.492 e. The minimum absolute atomic E-state index is 0.806. The van der Waals surface area contributed by atoms with Gasteiger partial charge in [-0.15, -0.1) is 0 Å². The zero-order valence-corrected chi connectivity index (χ0v) is 15.9. The van der Waals surface area contributed by atoms with E-state index in [-0.39, 0.29) is 0 Å². The van der Waals surface area contributed by atoms with Crippen LogP contribution in [0.5, 0.6) is 5.75 Å². The molecule has 0 amide bonds. The Labute approximate surface area is 149 Å². The molecule has 2 heteroatoms. The molecule has 0 spiro atoms. The van der Waals surface area contributed by atoms with Crippen molar-refractivity contribution in [3.05, 3.63) is 29.8 Å². The first-order valence-corrected chi connectivity index (χ1v) is 10.3. The predicted octanol–water partition coefficient (Wildman–Crippen LogP) is 5.70. The maximum Gasteiger partial charge on any atom is 0.122 e. The number of hydrogen-bond acceptors (Lipinski definition) is 2. The third kappa shape index (κ3) is 6.84. The van der Waals surface area contributed by atoms with E-state index in [4.69, 9.17) is 4.74 Å². The van der Waals surface area contributed by atoms with Crippen LogP contribution in [0.3, 0.4) is 0 Å². The molecule has 0 aromatic heterocycles. The van der Waals surface area contributed by atoms with Crippen LogP contribution in [0.25, 0.3) is 0 Å². The highest BCUT2D eigenvalue weighted by Gasteiger charge is 2.14. The van der Waals surface area contributed by atoms with Crippen molar-refractivity contribution in [1.82, 2.24) is 4.90 Å². The van der Waals surface area contributed by atoms with Crippen molar-refractivity contribution in [2.24, 2.45) is 5.92 Å². The first-order chi connectivity index (χ1) is 11.8. The average molecular weight is 332 g/mol. The molecule has 0 N–H and O–H groups in total. The van der Waals surface area contributed by atoms with Crippen LogP contribution in [0.4, 0.5) is 0 Å². The Balaban J connectivity index is 1.79. The lowest BCUT2D eigenvalue weighted by atomic mass is 9.85. The summed E-state index contributed by atoms with van der Waals surface area (Å²) in [6.45, 7) is 8.72. The highest BCUT2D eigenvalue weighted by Crippen LogP contribution is 2.29. The van der Waals surface area contributed by atoms with Crippen LogP contribution in [0, 0.1) is 5.92 Å². The van der Waals surface area contributed by atoms with Gasteiger partial charge >= 0.3 is 0 Å². The van der Waals surface area contributed by atoms with Crippen LogP contribution in [0.15, 0.2) is 24.3 Å². The number of nitrogens with zero attached hydrogens (tertiary/aromatic N) is 1. The van der Waals surface area contributed by atoms with Gasteiger partial charge in [0.1, 0.15) is 12.4 Å². The van der Waals surface area contributed by atoms with Gasteiger partial charge in [0.2, 0.25) is 0 Å². The summed E-state index contributed by atoms with van der Waals surface area (Å²) >= 11 is 0. The Hall–Kier alpha value is -1.02. The van der Waals surface area contributed by atoms with Crippen molar-refractivity contribution in [3.63, 3.8) is 0 Å². The summed E-state index contributed by atoms with van der Waals surface area (Å²) < 4.78 is 6.16. The van der Waals surface area contributed by atoms with E-state index in [0.717, 1.165) is 24.8 Å². The summed E-state index contributed by atoms with van der Waals surface area (Å²) in [5.74, 6) is 2.05. The van der Waals surface area contributed by atoms with Crippen LogP contribution in [-0.4, -0.2) is 31.1 Å². The first kappa shape index (κ1) is 19.3. The second-order valence-electron chi connectivity index (χ2n) is 7.34. The molecule has 1 aromatic rings. The molecule has 0 heterocycles. The summed E-state index contributed by atoms with van der Waals surface area (Å²) in [5.41, 5.74) is 1.40. The molecule has 0 unspecified atom stereocenters. The topological polar surface area (TPSA) is 12.5 Å². The van der Waals surface area contributed by atoms with E-state index in [9.17, 15) is 0 Å². The van der Waals surface area contributed by atoms with Gasteiger partial charge in [0.15, 0.2) is 0 Å². The number of hydrogen-bond donors (Lipinski definition) is 0. The average Bonchev–Trinajstić information content (AvgIpc) is 2.62. The second kappa shape index (κ2) is 11.5. The number of aryl methyl sites for hydroxylation is 1. The largest absolute Gasteiger partial charge is 0.492 e. The Kier molecular flexibility index (Phi) is 9.27. The molecule has 1 fully saturated rings. The maximum absolute atomic E-state index is 6.16. The monoisotopic (exact) mass is 331 g/mol. The molecule has 1 aromatic carbocycles. The van der Waals surface area contributed by atoms with Crippen molar-refractivity contribution < 1.29 is 4.74 Å². The SMILES string of the molecule is CCCN(CCC)CCOc1ccccc1CCC1CCCCC1. The Morgan fingerprint density at radius 2 is 1.67 bits per heavy atom. The fraction of sp³-hybridized carbons (Fsp3) is 0.727. The van der Waals surface area contributed by atoms with Gasteiger partial charge in [-0.05, 0) is 56.3 Å². The highest BCUT2D eigenvalue weighted by molar-refractivity contribution is 5.33. The summed E-state index contributed by atoms with van der Waals surface area (Å²) in [4.78, 5) is 2.52. The van der Waals surface area contributed by atoms with Gasteiger partial charge in [-0.3, -0.25) is 4.90 Å². The summed E-state index contributed by atoms with van der Waals surface area (Å²) in [6, 6.07) is 8.67. The van der Waals surface area contributed by atoms with Gasteiger partial charge in [-0.1, -0.05) is 64.2 Å². The van der Waals surface area contributed by atoms with E-state index in [2.05, 4.69) is 43.0 Å². The van der Waals surface area contributed by atoms with Crippen molar-refractivity contribution >= 4 is 0 Å². The molecule has 0 saturated heterocycles. The van der Waals surface area contributed by atoms with Gasteiger partial charge in [0, 0.05) is 6.54 Å². The van der Waals surface area contributed by atoms with E-state index in [1.54, 1.807) is 0 Å². The molecule has 1 aliphatic rings. The van der Waals surface area contributed by atoms with E-state index in [1.165, 1.54) is 76.4 Å². The van der Waals surface area contributed by atoms with Gasteiger partial charge in [0.25, 0.3) is 0 Å². The highest BCUT2D eigenvalue weighted by atomic mass is 16.5. The van der Waals surface area contributed by atoms with Crippen LogP contribution < -0.4 is 4.74 Å². The molecule has 0 aliphatic heterocycles. The van der Waals surface area contributed by atoms with Crippen molar-refractivity contribution in [2.75, 3.05) is 26.2 Å². The smallest absolute Gasteiger partial charge is 0.122 e. The molecule has 0 atom stereocenters. The van der Waals surface area contributed by atoms with Gasteiger partial charge in [0.05, 0.1) is 0 Å². The van der Waals surface area contributed by atoms with Crippen LogP contribution in [-0.2, 0) is 6.42 Å². The number of rotatable bonds is 11. The zero-order valence-electron chi connectivity index (χ0n) is 15.9. The Morgan fingerprint density at radius 1 is 0.958 bits per heavy atom. The first-order valence-electron chi connectivity index (χ1n) is 10.3. The fourth-order valence-corrected chi connectivity index (χ4v) is 3.94. The lowest BCUT2D eigenvalue weighted by Gasteiger charge is -2.23. The lowest BCUT2D eigenvalue weighted by Crippen LogP contribution is -2.30. The Morgan fingerprint density at radius 3 is 2.38 bits per heavy atom. The summed E-state index contributed by atoms with van der Waals surface area (Å²) in [7, 11) is 0. The molecular formula is C22H37NO. The van der Waals surface area contributed by atoms with Crippen molar-refractivity contribution in [3.8, 4) is 5.75 Å². The quantitative estimate of drug-likeness (QED) is 0.515. The molecule has 0 radical (unpaired) electrons. The zero-order chi connectivity index (χ0) is 17.0. The third-order valence-corrected chi connectivity index (χ3v) is 5.26. The molecule has 2 rings (SSSR count). The Bertz CT molecular complexity index is 433. The van der Waals surface area contributed by atoms with E-state index < -0.39 is 0 Å². The third-order valence-electron chi connectivity index (χ3n) is 5.26. The van der Waals surface area contributed by atoms with Gasteiger partial charge in [-0.25, -0.2) is 0 Å². The molecule has 136 valence electrons. The molecule has 1 saturated carbocycles. The van der Waals surface area contributed by atoms with Crippen molar-refractivity contribution in [1.29, 1.82) is 0 Å². The number of ether oxygens (including phenoxy) is 1. The van der Waals surface area contributed by atoms with Crippen molar-refractivity contribution in [2.45, 2.75) is 71.6 Å². The summed E-state index contributed by atoms with van der Waals surface area (Å²) in [5, 5.41) is 0. The van der Waals surface area contributed by atoms with E-state index in [0.29, 0.717) is 0 Å². The van der Waals surface area contributed by atoms with Crippen LogP contribution >= 0.6 is 0 Å². The molecular weight excluding hydrogens is 294 g/mol. The lowest BCUT2D eigenvalue weighted by molar-refractivity contribution is 0.207. The number of para-hydroxylation sites is 1. The molecule has 24 heavy (non-hydrogen) atoms. The predicted molar refractivity (Wildman–Crippen MR) is 104 cm³/mol.